The molecule has 110 valence electrons. The maximum Gasteiger partial charge on any atom is 0.423 e. The molecule has 1 aliphatic heterocycles. The summed E-state index contributed by atoms with van der Waals surface area (Å²) < 4.78 is 43.8. The number of piperidine rings is 1. The Morgan fingerprint density at radius 3 is 2.70 bits per heavy atom. The van der Waals surface area contributed by atoms with Crippen LogP contribution in [0.1, 0.15) is 18.4 Å². The second-order valence-electron chi connectivity index (χ2n) is 4.52. The molecule has 0 saturated carbocycles. The van der Waals surface area contributed by atoms with Crippen molar-refractivity contribution in [2.45, 2.75) is 25.1 Å². The van der Waals surface area contributed by atoms with Crippen molar-refractivity contribution >= 4 is 5.69 Å². The van der Waals surface area contributed by atoms with Gasteiger partial charge in [-0.1, -0.05) is 0 Å². The number of ether oxygens (including phenoxy) is 1. The summed E-state index contributed by atoms with van der Waals surface area (Å²) in [5.74, 6) is -0.00312. The highest BCUT2D eigenvalue weighted by Crippen LogP contribution is 2.38. The summed E-state index contributed by atoms with van der Waals surface area (Å²) in [6, 6.07) is 2.71. The number of benzene rings is 1. The highest BCUT2D eigenvalue weighted by molar-refractivity contribution is 5.47. The highest BCUT2D eigenvalue weighted by Gasteiger charge is 2.38. The lowest BCUT2D eigenvalue weighted by Crippen LogP contribution is -2.37. The van der Waals surface area contributed by atoms with Crippen molar-refractivity contribution in [3.05, 3.63) is 33.9 Å². The fourth-order valence-electron chi connectivity index (χ4n) is 2.09. The topological polar surface area (TPSA) is 64.4 Å². The normalized spacial score (nSPS) is 19.6. The lowest BCUT2D eigenvalue weighted by Gasteiger charge is -2.24. The molecule has 0 radical (unpaired) electrons. The van der Waals surface area contributed by atoms with Crippen LogP contribution in [0.2, 0.25) is 0 Å². The predicted molar refractivity (Wildman–Crippen MR) is 64.6 cm³/mol. The molecule has 0 aromatic heterocycles. The molecule has 1 aromatic carbocycles. The third kappa shape index (κ3) is 3.38. The van der Waals surface area contributed by atoms with Gasteiger partial charge in [-0.2, -0.15) is 13.2 Å². The van der Waals surface area contributed by atoms with Crippen molar-refractivity contribution in [2.24, 2.45) is 0 Å². The average Bonchev–Trinajstić information content (AvgIpc) is 2.38. The van der Waals surface area contributed by atoms with Gasteiger partial charge in [0.05, 0.1) is 4.92 Å². The van der Waals surface area contributed by atoms with Gasteiger partial charge in [-0.25, -0.2) is 0 Å². The van der Waals surface area contributed by atoms with Gasteiger partial charge in [0.1, 0.15) is 17.4 Å². The smallest absolute Gasteiger partial charge is 0.423 e. The molecule has 1 atom stereocenters. The van der Waals surface area contributed by atoms with Crippen LogP contribution in [0.25, 0.3) is 0 Å². The Balaban J connectivity index is 2.25. The summed E-state index contributed by atoms with van der Waals surface area (Å²) in [6.45, 7) is 1.41. The number of nitrogens with one attached hydrogen (secondary N) is 1. The van der Waals surface area contributed by atoms with Crippen LogP contribution in [0.5, 0.6) is 5.75 Å². The average molecular weight is 290 g/mol. The van der Waals surface area contributed by atoms with Crippen molar-refractivity contribution in [3.8, 4) is 5.75 Å². The van der Waals surface area contributed by atoms with Crippen LogP contribution in [-0.4, -0.2) is 24.1 Å². The van der Waals surface area contributed by atoms with Gasteiger partial charge in [-0.3, -0.25) is 10.1 Å². The Kier molecular flexibility index (Phi) is 4.12. The molecule has 0 aliphatic carbocycles. The standard InChI is InChI=1S/C12H13F3N2O3/c13-12(14,15)10-6-8(3-4-11(10)17(18)19)20-9-2-1-5-16-7-9/h3-4,6,9,16H,1-2,5,7H2. The van der Waals surface area contributed by atoms with Crippen LogP contribution < -0.4 is 10.1 Å². The van der Waals surface area contributed by atoms with Gasteiger partial charge in [0, 0.05) is 12.6 Å². The van der Waals surface area contributed by atoms with Crippen molar-refractivity contribution in [1.29, 1.82) is 0 Å². The summed E-state index contributed by atoms with van der Waals surface area (Å²) in [4.78, 5) is 9.58. The van der Waals surface area contributed by atoms with E-state index in [-0.39, 0.29) is 11.9 Å². The van der Waals surface area contributed by atoms with E-state index in [2.05, 4.69) is 5.32 Å². The maximum atomic E-state index is 12.8. The minimum absolute atomic E-state index is 0.00312. The number of halogens is 3. The number of nitro groups is 1. The zero-order chi connectivity index (χ0) is 14.8. The molecule has 5 nitrogen and oxygen atoms in total. The van der Waals surface area contributed by atoms with E-state index in [1.165, 1.54) is 6.07 Å². The zero-order valence-corrected chi connectivity index (χ0v) is 10.4. The molecule has 1 aromatic rings. The molecule has 1 saturated heterocycles. The van der Waals surface area contributed by atoms with Gasteiger partial charge >= 0.3 is 6.18 Å². The van der Waals surface area contributed by atoms with E-state index in [4.69, 9.17) is 4.74 Å². The lowest BCUT2D eigenvalue weighted by atomic mass is 10.1. The van der Waals surface area contributed by atoms with Crippen molar-refractivity contribution < 1.29 is 22.8 Å². The molecule has 1 heterocycles. The third-order valence-corrected chi connectivity index (χ3v) is 3.02. The quantitative estimate of drug-likeness (QED) is 0.686. The largest absolute Gasteiger partial charge is 0.489 e. The monoisotopic (exact) mass is 290 g/mol. The van der Waals surface area contributed by atoms with Gasteiger partial charge in [-0.05, 0) is 31.5 Å². The number of rotatable bonds is 3. The van der Waals surface area contributed by atoms with Crippen LogP contribution in [0.3, 0.4) is 0 Å². The highest BCUT2D eigenvalue weighted by atomic mass is 19.4. The summed E-state index contributed by atoms with van der Waals surface area (Å²) >= 11 is 0. The molecular weight excluding hydrogens is 277 g/mol. The lowest BCUT2D eigenvalue weighted by molar-refractivity contribution is -0.388. The Morgan fingerprint density at radius 1 is 1.40 bits per heavy atom. The van der Waals surface area contributed by atoms with Crippen LogP contribution in [0.15, 0.2) is 18.2 Å². The van der Waals surface area contributed by atoms with E-state index < -0.39 is 22.4 Å². The molecule has 1 N–H and O–H groups in total. The Labute approximate surface area is 112 Å². The van der Waals surface area contributed by atoms with E-state index in [0.29, 0.717) is 12.6 Å². The number of alkyl halides is 3. The molecule has 20 heavy (non-hydrogen) atoms. The van der Waals surface area contributed by atoms with Crippen molar-refractivity contribution in [1.82, 2.24) is 5.32 Å². The molecule has 2 rings (SSSR count). The number of hydrogen-bond acceptors (Lipinski definition) is 4. The summed E-state index contributed by atoms with van der Waals surface area (Å²) in [7, 11) is 0. The zero-order valence-electron chi connectivity index (χ0n) is 10.4. The molecule has 1 aliphatic rings. The van der Waals surface area contributed by atoms with Crippen molar-refractivity contribution in [3.63, 3.8) is 0 Å². The minimum Gasteiger partial charge on any atom is -0.489 e. The molecule has 1 fully saturated rings. The van der Waals surface area contributed by atoms with Gasteiger partial charge in [0.15, 0.2) is 0 Å². The van der Waals surface area contributed by atoms with Crippen molar-refractivity contribution in [2.75, 3.05) is 13.1 Å². The summed E-state index contributed by atoms with van der Waals surface area (Å²) in [5, 5.41) is 13.7. The van der Waals surface area contributed by atoms with Crippen LogP contribution >= 0.6 is 0 Å². The minimum atomic E-state index is -4.79. The molecular formula is C12H13F3N2O3. The second-order valence-corrected chi connectivity index (χ2v) is 4.52. The Hall–Kier alpha value is -1.83. The van der Waals surface area contributed by atoms with Crippen LogP contribution in [0.4, 0.5) is 18.9 Å². The first-order chi connectivity index (χ1) is 9.38. The van der Waals surface area contributed by atoms with Gasteiger partial charge in [0.2, 0.25) is 0 Å². The molecule has 8 heteroatoms. The Bertz CT molecular complexity index is 499. The number of nitro benzene ring substituents is 1. The molecule has 0 bridgehead atoms. The Morgan fingerprint density at radius 2 is 2.15 bits per heavy atom. The van der Waals surface area contributed by atoms with E-state index in [9.17, 15) is 23.3 Å². The van der Waals surface area contributed by atoms with E-state index in [1.54, 1.807) is 0 Å². The number of nitrogens with zero attached hydrogens (tertiary/aromatic N) is 1. The number of hydrogen-bond donors (Lipinski definition) is 1. The maximum absolute atomic E-state index is 12.8. The summed E-state index contributed by atoms with van der Waals surface area (Å²) in [5.41, 5.74) is -2.25. The molecule has 1 unspecified atom stereocenters. The molecule has 0 spiro atoms. The second kappa shape index (κ2) is 5.66. The predicted octanol–water partition coefficient (Wildman–Crippen LogP) is 2.74. The van der Waals surface area contributed by atoms with E-state index in [0.717, 1.165) is 25.5 Å². The SMILES string of the molecule is O=[N+]([O-])c1ccc(OC2CCCNC2)cc1C(F)(F)F. The van der Waals surface area contributed by atoms with Gasteiger partial charge in [-0.15, -0.1) is 0 Å². The van der Waals surface area contributed by atoms with E-state index in [1.807, 2.05) is 0 Å². The first-order valence-corrected chi connectivity index (χ1v) is 6.11. The van der Waals surface area contributed by atoms with Gasteiger partial charge in [0.25, 0.3) is 5.69 Å². The van der Waals surface area contributed by atoms with Gasteiger partial charge < -0.3 is 10.1 Å². The van der Waals surface area contributed by atoms with Crippen LogP contribution in [0, 0.1) is 10.1 Å². The first kappa shape index (κ1) is 14.6. The van der Waals surface area contributed by atoms with Crippen LogP contribution in [-0.2, 0) is 6.18 Å². The fraction of sp³-hybridized carbons (Fsp3) is 0.500. The molecule has 0 amide bonds. The fourth-order valence-corrected chi connectivity index (χ4v) is 2.09. The summed E-state index contributed by atoms with van der Waals surface area (Å²) in [6.07, 6.45) is -3.38. The third-order valence-electron chi connectivity index (χ3n) is 3.02. The first-order valence-electron chi connectivity index (χ1n) is 6.11. The van der Waals surface area contributed by atoms with E-state index >= 15 is 0 Å².